The molecule has 1 heterocycles. The predicted molar refractivity (Wildman–Crippen MR) is 116 cm³/mol. The minimum absolute atomic E-state index is 0.0499. The number of benzene rings is 3. The normalized spacial score (nSPS) is 16.8. The average Bonchev–Trinajstić information content (AvgIpc) is 3.38. The SMILES string of the molecule is CC1=C(C(C)(C)C2c3ccccc3-c3ccccc32)c2cc3c(cc2C1)OCO3. The smallest absolute Gasteiger partial charge is 0.231 e. The van der Waals surface area contributed by atoms with Crippen molar-refractivity contribution in [1.29, 1.82) is 0 Å². The zero-order valence-corrected chi connectivity index (χ0v) is 17.1. The van der Waals surface area contributed by atoms with Crippen LogP contribution in [0.5, 0.6) is 11.5 Å². The van der Waals surface area contributed by atoms with Gasteiger partial charge in [0.25, 0.3) is 0 Å². The van der Waals surface area contributed by atoms with Crippen LogP contribution in [-0.2, 0) is 6.42 Å². The fourth-order valence-corrected chi connectivity index (χ4v) is 5.94. The van der Waals surface area contributed by atoms with Gasteiger partial charge in [-0.2, -0.15) is 0 Å². The van der Waals surface area contributed by atoms with Gasteiger partial charge in [-0.3, -0.25) is 0 Å². The summed E-state index contributed by atoms with van der Waals surface area (Å²) in [7, 11) is 0. The Morgan fingerprint density at radius 3 is 2.03 bits per heavy atom. The molecule has 144 valence electrons. The molecule has 0 saturated heterocycles. The van der Waals surface area contributed by atoms with Crippen LogP contribution in [-0.4, -0.2) is 6.79 Å². The maximum absolute atomic E-state index is 5.71. The number of rotatable bonds is 2. The van der Waals surface area contributed by atoms with Crippen LogP contribution in [0.25, 0.3) is 16.7 Å². The summed E-state index contributed by atoms with van der Waals surface area (Å²) in [5.41, 5.74) is 11.2. The molecule has 0 amide bonds. The zero-order chi connectivity index (χ0) is 19.8. The summed E-state index contributed by atoms with van der Waals surface area (Å²) < 4.78 is 11.3. The van der Waals surface area contributed by atoms with E-state index in [1.54, 1.807) is 0 Å². The molecule has 29 heavy (non-hydrogen) atoms. The van der Waals surface area contributed by atoms with E-state index in [0.29, 0.717) is 12.7 Å². The lowest BCUT2D eigenvalue weighted by atomic mass is 9.67. The third-order valence-electron chi connectivity index (χ3n) is 6.95. The van der Waals surface area contributed by atoms with Crippen molar-refractivity contribution in [2.24, 2.45) is 5.41 Å². The third kappa shape index (κ3) is 2.23. The molecule has 0 spiro atoms. The number of allylic oxidation sites excluding steroid dienone is 2. The van der Waals surface area contributed by atoms with Crippen LogP contribution >= 0.6 is 0 Å². The highest BCUT2D eigenvalue weighted by atomic mass is 16.7. The molecule has 3 aromatic carbocycles. The lowest BCUT2D eigenvalue weighted by Gasteiger charge is -2.36. The van der Waals surface area contributed by atoms with E-state index in [0.717, 1.165) is 17.9 Å². The van der Waals surface area contributed by atoms with Crippen molar-refractivity contribution in [3.8, 4) is 22.6 Å². The first kappa shape index (κ1) is 16.9. The molecule has 0 fully saturated rings. The van der Waals surface area contributed by atoms with Crippen molar-refractivity contribution in [3.63, 3.8) is 0 Å². The predicted octanol–water partition coefficient (Wildman–Crippen LogP) is 6.58. The molecule has 2 aliphatic carbocycles. The van der Waals surface area contributed by atoms with Crippen molar-refractivity contribution >= 4 is 5.57 Å². The quantitative estimate of drug-likeness (QED) is 0.500. The second kappa shape index (κ2) is 5.76. The molecule has 2 heteroatoms. The van der Waals surface area contributed by atoms with E-state index >= 15 is 0 Å². The first-order chi connectivity index (χ1) is 14.1. The van der Waals surface area contributed by atoms with E-state index in [4.69, 9.17) is 9.47 Å². The van der Waals surface area contributed by atoms with Gasteiger partial charge in [0.2, 0.25) is 6.79 Å². The van der Waals surface area contributed by atoms with E-state index in [-0.39, 0.29) is 5.41 Å². The molecule has 0 unspecified atom stereocenters. The molecule has 1 aliphatic heterocycles. The first-order valence-electron chi connectivity index (χ1n) is 10.4. The first-order valence-corrected chi connectivity index (χ1v) is 10.4. The van der Waals surface area contributed by atoms with Gasteiger partial charge in [0.05, 0.1) is 0 Å². The van der Waals surface area contributed by atoms with Crippen molar-refractivity contribution in [3.05, 3.63) is 88.5 Å². The topological polar surface area (TPSA) is 18.5 Å². The Balaban J connectivity index is 1.55. The summed E-state index contributed by atoms with van der Waals surface area (Å²) in [6.07, 6.45) is 0.987. The summed E-state index contributed by atoms with van der Waals surface area (Å²) >= 11 is 0. The standard InChI is InChI=1S/C27H24O2/c1-16-12-17-13-23-24(29-15-28-23)14-22(17)25(16)27(2,3)26-20-10-6-4-8-18(20)19-9-5-7-11-21(19)26/h4-11,13-14,26H,12,15H2,1-3H3. The van der Waals surface area contributed by atoms with Crippen LogP contribution in [0, 0.1) is 5.41 Å². The Labute approximate surface area is 171 Å². The van der Waals surface area contributed by atoms with Gasteiger partial charge in [0, 0.05) is 11.3 Å². The van der Waals surface area contributed by atoms with Crippen LogP contribution < -0.4 is 9.47 Å². The molecule has 0 bridgehead atoms. The highest BCUT2D eigenvalue weighted by Gasteiger charge is 2.44. The summed E-state index contributed by atoms with van der Waals surface area (Å²) in [5, 5.41) is 0. The molecule has 0 saturated carbocycles. The van der Waals surface area contributed by atoms with Crippen LogP contribution in [0.15, 0.2) is 66.2 Å². The lowest BCUT2D eigenvalue weighted by Crippen LogP contribution is -2.24. The van der Waals surface area contributed by atoms with E-state index in [9.17, 15) is 0 Å². The van der Waals surface area contributed by atoms with Gasteiger partial charge >= 0.3 is 0 Å². The molecule has 0 radical (unpaired) electrons. The second-order valence-electron chi connectivity index (χ2n) is 9.02. The van der Waals surface area contributed by atoms with E-state index in [2.05, 4.69) is 81.4 Å². The zero-order valence-electron chi connectivity index (χ0n) is 17.1. The summed E-state index contributed by atoms with van der Waals surface area (Å²) in [5.74, 6) is 2.09. The van der Waals surface area contributed by atoms with Gasteiger partial charge in [0.15, 0.2) is 11.5 Å². The third-order valence-corrected chi connectivity index (χ3v) is 6.95. The molecular formula is C27H24O2. The van der Waals surface area contributed by atoms with Crippen molar-refractivity contribution in [1.82, 2.24) is 0 Å². The Bertz CT molecular complexity index is 1150. The van der Waals surface area contributed by atoms with E-state index in [1.807, 2.05) is 0 Å². The highest BCUT2D eigenvalue weighted by Crippen LogP contribution is 2.59. The van der Waals surface area contributed by atoms with Gasteiger partial charge in [-0.1, -0.05) is 68.0 Å². The van der Waals surface area contributed by atoms with Gasteiger partial charge < -0.3 is 9.47 Å². The summed E-state index contributed by atoms with van der Waals surface area (Å²) in [6, 6.07) is 22.2. The number of ether oxygens (including phenoxy) is 2. The van der Waals surface area contributed by atoms with Crippen molar-refractivity contribution < 1.29 is 9.47 Å². The second-order valence-corrected chi connectivity index (χ2v) is 9.02. The fraction of sp³-hybridized carbons (Fsp3) is 0.259. The number of fused-ring (bicyclic) bond motifs is 5. The fourth-order valence-electron chi connectivity index (χ4n) is 5.94. The van der Waals surface area contributed by atoms with Gasteiger partial charge in [-0.25, -0.2) is 0 Å². The lowest BCUT2D eigenvalue weighted by molar-refractivity contribution is 0.174. The monoisotopic (exact) mass is 380 g/mol. The van der Waals surface area contributed by atoms with Gasteiger partial charge in [0.1, 0.15) is 0 Å². The molecule has 6 rings (SSSR count). The maximum Gasteiger partial charge on any atom is 0.231 e. The van der Waals surface area contributed by atoms with Crippen LogP contribution in [0.4, 0.5) is 0 Å². The van der Waals surface area contributed by atoms with Gasteiger partial charge in [-0.15, -0.1) is 0 Å². The molecule has 0 aromatic heterocycles. The molecule has 0 N–H and O–H groups in total. The Kier molecular flexibility index (Phi) is 3.36. The molecule has 0 atom stereocenters. The van der Waals surface area contributed by atoms with Crippen LogP contribution in [0.1, 0.15) is 48.9 Å². The molecule has 2 nitrogen and oxygen atoms in total. The molecular weight excluding hydrogens is 356 g/mol. The van der Waals surface area contributed by atoms with E-state index < -0.39 is 0 Å². The number of hydrogen-bond acceptors (Lipinski definition) is 2. The van der Waals surface area contributed by atoms with Gasteiger partial charge in [-0.05, 0) is 64.4 Å². The Morgan fingerprint density at radius 2 is 1.38 bits per heavy atom. The van der Waals surface area contributed by atoms with Crippen LogP contribution in [0.2, 0.25) is 0 Å². The summed E-state index contributed by atoms with van der Waals surface area (Å²) in [4.78, 5) is 0. The van der Waals surface area contributed by atoms with Crippen molar-refractivity contribution in [2.75, 3.05) is 6.79 Å². The van der Waals surface area contributed by atoms with Crippen LogP contribution in [0.3, 0.4) is 0 Å². The van der Waals surface area contributed by atoms with Crippen molar-refractivity contribution in [2.45, 2.75) is 33.1 Å². The number of hydrogen-bond donors (Lipinski definition) is 0. The molecule has 3 aromatic rings. The average molecular weight is 380 g/mol. The maximum atomic E-state index is 5.71. The molecule has 3 aliphatic rings. The largest absolute Gasteiger partial charge is 0.454 e. The summed E-state index contributed by atoms with van der Waals surface area (Å²) in [6.45, 7) is 7.43. The minimum atomic E-state index is -0.0499. The Morgan fingerprint density at radius 1 is 0.793 bits per heavy atom. The van der Waals surface area contributed by atoms with E-state index in [1.165, 1.54) is 44.5 Å². The highest BCUT2D eigenvalue weighted by molar-refractivity contribution is 5.86. The minimum Gasteiger partial charge on any atom is -0.454 e. The Hall–Kier alpha value is -3.00.